The van der Waals surface area contributed by atoms with Gasteiger partial charge in [0.1, 0.15) is 5.75 Å². The Bertz CT molecular complexity index is 600. The number of nitrogens with one attached hydrogen (secondary N) is 1. The van der Waals surface area contributed by atoms with Gasteiger partial charge < -0.3 is 10.1 Å². The molecule has 0 aliphatic heterocycles. The third-order valence-corrected chi connectivity index (χ3v) is 4.28. The predicted molar refractivity (Wildman–Crippen MR) is 88.8 cm³/mol. The smallest absolute Gasteiger partial charge is 0.124 e. The molecule has 0 heterocycles. The third kappa shape index (κ3) is 3.38. The molecular formula is C19H25NO. The van der Waals surface area contributed by atoms with Crippen LogP contribution in [0.1, 0.15) is 45.1 Å². The number of fused-ring (bicyclic) bond motifs is 1. The van der Waals surface area contributed by atoms with E-state index in [-0.39, 0.29) is 6.10 Å². The van der Waals surface area contributed by atoms with E-state index in [0.29, 0.717) is 6.04 Å². The maximum atomic E-state index is 6.03. The van der Waals surface area contributed by atoms with Gasteiger partial charge in [-0.15, -0.1) is 0 Å². The van der Waals surface area contributed by atoms with Crippen molar-refractivity contribution in [3.8, 4) is 5.75 Å². The molecule has 1 fully saturated rings. The Labute approximate surface area is 127 Å². The number of hydrogen-bond acceptors (Lipinski definition) is 2. The van der Waals surface area contributed by atoms with Crippen molar-refractivity contribution in [1.29, 1.82) is 0 Å². The molecular weight excluding hydrogens is 258 g/mol. The first-order valence-electron chi connectivity index (χ1n) is 8.14. The van der Waals surface area contributed by atoms with Crippen molar-refractivity contribution in [3.05, 3.63) is 42.0 Å². The van der Waals surface area contributed by atoms with Crippen molar-refractivity contribution in [2.75, 3.05) is 0 Å². The highest BCUT2D eigenvalue weighted by molar-refractivity contribution is 5.87. The summed E-state index contributed by atoms with van der Waals surface area (Å²) < 4.78 is 6.03. The molecule has 1 aliphatic carbocycles. The molecule has 1 aliphatic rings. The van der Waals surface area contributed by atoms with Crippen LogP contribution in [0.2, 0.25) is 0 Å². The Morgan fingerprint density at radius 2 is 1.86 bits per heavy atom. The van der Waals surface area contributed by atoms with Crippen LogP contribution < -0.4 is 10.1 Å². The van der Waals surface area contributed by atoms with Gasteiger partial charge in [-0.05, 0) is 43.5 Å². The number of ether oxygens (including phenoxy) is 1. The van der Waals surface area contributed by atoms with Gasteiger partial charge in [-0.25, -0.2) is 0 Å². The van der Waals surface area contributed by atoms with E-state index in [0.717, 1.165) is 12.3 Å². The minimum absolute atomic E-state index is 0.205. The van der Waals surface area contributed by atoms with E-state index in [1.165, 1.54) is 42.0 Å². The van der Waals surface area contributed by atoms with Crippen molar-refractivity contribution in [1.82, 2.24) is 5.32 Å². The molecule has 3 rings (SSSR count). The summed E-state index contributed by atoms with van der Waals surface area (Å²) in [6.07, 6.45) is 5.55. The van der Waals surface area contributed by atoms with Crippen molar-refractivity contribution in [2.45, 2.75) is 58.2 Å². The minimum atomic E-state index is 0.205. The lowest BCUT2D eigenvalue weighted by molar-refractivity contribution is 0.239. The summed E-state index contributed by atoms with van der Waals surface area (Å²) >= 11 is 0. The predicted octanol–water partition coefficient (Wildman–Crippen LogP) is 4.66. The lowest BCUT2D eigenvalue weighted by atomic mass is 10.0. The average Bonchev–Trinajstić information content (AvgIpc) is 2.99. The minimum Gasteiger partial charge on any atom is -0.491 e. The van der Waals surface area contributed by atoms with Crippen molar-refractivity contribution in [3.63, 3.8) is 0 Å². The van der Waals surface area contributed by atoms with Gasteiger partial charge in [0.15, 0.2) is 0 Å². The molecule has 1 N–H and O–H groups in total. The first-order valence-corrected chi connectivity index (χ1v) is 8.14. The quantitative estimate of drug-likeness (QED) is 0.861. The maximum absolute atomic E-state index is 6.03. The summed E-state index contributed by atoms with van der Waals surface area (Å²) in [6, 6.07) is 13.5. The van der Waals surface area contributed by atoms with Gasteiger partial charge in [0, 0.05) is 18.2 Å². The maximum Gasteiger partial charge on any atom is 0.124 e. The molecule has 0 amide bonds. The summed E-state index contributed by atoms with van der Waals surface area (Å²) in [5, 5.41) is 6.32. The van der Waals surface area contributed by atoms with E-state index in [1.807, 2.05) is 0 Å². The lowest BCUT2D eigenvalue weighted by Gasteiger charge is -2.19. The van der Waals surface area contributed by atoms with Crippen molar-refractivity contribution < 1.29 is 4.74 Å². The van der Waals surface area contributed by atoms with Crippen LogP contribution in [0.15, 0.2) is 36.4 Å². The highest BCUT2D eigenvalue weighted by atomic mass is 16.5. The van der Waals surface area contributed by atoms with Gasteiger partial charge >= 0.3 is 0 Å². The van der Waals surface area contributed by atoms with Gasteiger partial charge in [-0.3, -0.25) is 0 Å². The molecule has 0 aromatic heterocycles. The highest BCUT2D eigenvalue weighted by Crippen LogP contribution is 2.29. The number of benzene rings is 2. The summed E-state index contributed by atoms with van der Waals surface area (Å²) in [7, 11) is 0. The Morgan fingerprint density at radius 1 is 1.10 bits per heavy atom. The van der Waals surface area contributed by atoms with E-state index < -0.39 is 0 Å². The van der Waals surface area contributed by atoms with E-state index in [9.17, 15) is 0 Å². The van der Waals surface area contributed by atoms with E-state index in [2.05, 4.69) is 55.6 Å². The molecule has 21 heavy (non-hydrogen) atoms. The van der Waals surface area contributed by atoms with Crippen LogP contribution in [-0.4, -0.2) is 12.1 Å². The van der Waals surface area contributed by atoms with Crippen LogP contribution in [0.3, 0.4) is 0 Å². The molecule has 0 atom stereocenters. The zero-order valence-corrected chi connectivity index (χ0v) is 13.1. The fraction of sp³-hybridized carbons (Fsp3) is 0.474. The molecule has 0 unspecified atom stereocenters. The summed E-state index contributed by atoms with van der Waals surface area (Å²) in [4.78, 5) is 0. The van der Waals surface area contributed by atoms with Crippen LogP contribution in [0.25, 0.3) is 10.8 Å². The Kier molecular flexibility index (Phi) is 4.45. The molecule has 0 radical (unpaired) electrons. The number of rotatable bonds is 5. The van der Waals surface area contributed by atoms with Crippen molar-refractivity contribution in [2.24, 2.45) is 0 Å². The second-order valence-electron chi connectivity index (χ2n) is 6.29. The second-order valence-corrected chi connectivity index (χ2v) is 6.29. The van der Waals surface area contributed by atoms with E-state index in [1.54, 1.807) is 0 Å². The standard InChI is InChI=1S/C19H25NO/c1-14(2)21-19-12-11-15-7-3-6-10-17(15)18(19)13-20-16-8-4-5-9-16/h3,6-7,10-12,14,16,20H,4-5,8-9,13H2,1-2H3. The SMILES string of the molecule is CC(C)Oc1ccc2ccccc2c1CNC1CCCC1. The summed E-state index contributed by atoms with van der Waals surface area (Å²) in [5.74, 6) is 1.02. The normalized spacial score (nSPS) is 16.0. The molecule has 1 saturated carbocycles. The molecule has 2 aromatic carbocycles. The van der Waals surface area contributed by atoms with Crippen LogP contribution in [0.4, 0.5) is 0 Å². The van der Waals surface area contributed by atoms with Crippen LogP contribution >= 0.6 is 0 Å². The second kappa shape index (κ2) is 6.48. The van der Waals surface area contributed by atoms with E-state index in [4.69, 9.17) is 4.74 Å². The van der Waals surface area contributed by atoms with E-state index >= 15 is 0 Å². The van der Waals surface area contributed by atoms with Gasteiger partial charge in [0.05, 0.1) is 6.10 Å². The molecule has 2 aromatic rings. The zero-order valence-electron chi connectivity index (χ0n) is 13.1. The summed E-state index contributed by atoms with van der Waals surface area (Å²) in [6.45, 7) is 5.07. The monoisotopic (exact) mass is 283 g/mol. The molecule has 0 spiro atoms. The van der Waals surface area contributed by atoms with Gasteiger partial charge in [0.25, 0.3) is 0 Å². The molecule has 0 bridgehead atoms. The van der Waals surface area contributed by atoms with Crippen molar-refractivity contribution >= 4 is 10.8 Å². The van der Waals surface area contributed by atoms with Gasteiger partial charge in [0.2, 0.25) is 0 Å². The average molecular weight is 283 g/mol. The topological polar surface area (TPSA) is 21.3 Å². The van der Waals surface area contributed by atoms with Gasteiger partial charge in [-0.2, -0.15) is 0 Å². The Morgan fingerprint density at radius 3 is 2.62 bits per heavy atom. The molecule has 0 saturated heterocycles. The Hall–Kier alpha value is -1.54. The van der Waals surface area contributed by atoms with Crippen LogP contribution in [0, 0.1) is 0 Å². The fourth-order valence-corrected chi connectivity index (χ4v) is 3.24. The first kappa shape index (κ1) is 14.4. The molecule has 112 valence electrons. The van der Waals surface area contributed by atoms with Gasteiger partial charge in [-0.1, -0.05) is 43.2 Å². The molecule has 2 heteroatoms. The lowest BCUT2D eigenvalue weighted by Crippen LogP contribution is -2.25. The zero-order chi connectivity index (χ0) is 14.7. The van der Waals surface area contributed by atoms with Crippen LogP contribution in [0.5, 0.6) is 5.75 Å². The first-order chi connectivity index (χ1) is 10.2. The summed E-state index contributed by atoms with van der Waals surface area (Å²) in [5.41, 5.74) is 1.30. The highest BCUT2D eigenvalue weighted by Gasteiger charge is 2.16. The largest absolute Gasteiger partial charge is 0.491 e. The fourth-order valence-electron chi connectivity index (χ4n) is 3.24. The molecule has 2 nitrogen and oxygen atoms in total. The third-order valence-electron chi connectivity index (χ3n) is 4.28. The number of hydrogen-bond donors (Lipinski definition) is 1. The van der Waals surface area contributed by atoms with Crippen LogP contribution in [-0.2, 0) is 6.54 Å². The Balaban J connectivity index is 1.90.